The minimum Gasteiger partial charge on any atom is -0.465 e. The highest BCUT2D eigenvalue weighted by atomic mass is 16.6. The van der Waals surface area contributed by atoms with E-state index in [2.05, 4.69) is 0 Å². The van der Waals surface area contributed by atoms with E-state index >= 15 is 0 Å². The number of benzene rings is 1. The average molecular weight is 292 g/mol. The Balaban J connectivity index is 2.39. The summed E-state index contributed by atoms with van der Waals surface area (Å²) in [5, 5.41) is 10.9. The predicted octanol–water partition coefficient (Wildman–Crippen LogP) is 1.13. The van der Waals surface area contributed by atoms with Crippen LogP contribution >= 0.6 is 0 Å². The average Bonchev–Trinajstić information content (AvgIpc) is 2.61. The molecule has 0 radical (unpaired) electrons. The first-order valence-electron chi connectivity index (χ1n) is 6.59. The molecule has 2 rings (SSSR count). The molecule has 21 heavy (non-hydrogen) atoms. The monoisotopic (exact) mass is 292 g/mol. The van der Waals surface area contributed by atoms with Crippen LogP contribution in [0.1, 0.15) is 19.4 Å². The zero-order valence-electron chi connectivity index (χ0n) is 11.9. The van der Waals surface area contributed by atoms with E-state index in [-0.39, 0.29) is 13.2 Å². The van der Waals surface area contributed by atoms with Crippen LogP contribution < -0.4 is 4.90 Å². The Morgan fingerprint density at radius 2 is 2.10 bits per heavy atom. The fraction of sp³-hybridized carbons (Fsp3) is 0.429. The lowest BCUT2D eigenvalue weighted by atomic mass is 9.84. The van der Waals surface area contributed by atoms with Crippen molar-refractivity contribution in [1.29, 1.82) is 0 Å². The fourth-order valence-corrected chi connectivity index (χ4v) is 2.60. The number of rotatable bonds is 5. The molecule has 1 atom stereocenters. The van der Waals surface area contributed by atoms with Crippen molar-refractivity contribution in [3.63, 3.8) is 0 Å². The van der Waals surface area contributed by atoms with Crippen molar-refractivity contribution >= 4 is 17.6 Å². The number of para-hydroxylation sites is 1. The van der Waals surface area contributed by atoms with Crippen molar-refractivity contribution in [2.75, 3.05) is 24.6 Å². The standard InChI is InChI=1S/C14H16N2O5/c1-3-21-12(17)8-15-11-7-5-4-6-10(11)14(2,13(15)18)9-16(19)20/h4-7H,3,8-9H2,1-2H3/t14-/m1/s1. The number of nitro groups is 1. The largest absolute Gasteiger partial charge is 0.465 e. The van der Waals surface area contributed by atoms with Gasteiger partial charge in [-0.2, -0.15) is 0 Å². The number of amides is 1. The number of esters is 1. The molecule has 7 heteroatoms. The van der Waals surface area contributed by atoms with Gasteiger partial charge in [-0.1, -0.05) is 18.2 Å². The molecule has 0 N–H and O–H groups in total. The Bertz CT molecular complexity index is 601. The number of nitrogens with zero attached hydrogens (tertiary/aromatic N) is 2. The summed E-state index contributed by atoms with van der Waals surface area (Å²) in [7, 11) is 0. The number of anilines is 1. The summed E-state index contributed by atoms with van der Waals surface area (Å²) in [5.74, 6) is -0.987. The highest BCUT2D eigenvalue weighted by molar-refractivity contribution is 6.10. The normalized spacial score (nSPS) is 20.3. The molecule has 0 aromatic heterocycles. The smallest absolute Gasteiger partial charge is 0.326 e. The molecule has 112 valence electrons. The zero-order valence-corrected chi connectivity index (χ0v) is 11.9. The van der Waals surface area contributed by atoms with E-state index in [1.165, 1.54) is 11.8 Å². The maximum Gasteiger partial charge on any atom is 0.326 e. The molecule has 0 unspecified atom stereocenters. The van der Waals surface area contributed by atoms with E-state index < -0.39 is 28.8 Å². The number of carbonyl (C=O) groups excluding carboxylic acids is 2. The molecule has 1 amide bonds. The molecule has 0 fully saturated rings. The first-order chi connectivity index (χ1) is 9.90. The third-order valence-electron chi connectivity index (χ3n) is 3.54. The van der Waals surface area contributed by atoms with Gasteiger partial charge in [0.15, 0.2) is 0 Å². The summed E-state index contributed by atoms with van der Waals surface area (Å²) in [6, 6.07) is 6.81. The quantitative estimate of drug-likeness (QED) is 0.461. The molecule has 1 aliphatic rings. The predicted molar refractivity (Wildman–Crippen MR) is 74.6 cm³/mol. The Labute approximate surface area is 121 Å². The van der Waals surface area contributed by atoms with Crippen LogP contribution in [0.4, 0.5) is 5.69 Å². The van der Waals surface area contributed by atoms with E-state index in [1.54, 1.807) is 31.2 Å². The van der Waals surface area contributed by atoms with Gasteiger partial charge in [-0.05, 0) is 25.5 Å². The Kier molecular flexibility index (Phi) is 3.93. The Morgan fingerprint density at radius 3 is 2.71 bits per heavy atom. The fourth-order valence-electron chi connectivity index (χ4n) is 2.60. The molecular formula is C14H16N2O5. The van der Waals surface area contributed by atoms with Crippen LogP contribution in [-0.2, 0) is 19.7 Å². The van der Waals surface area contributed by atoms with E-state index in [0.29, 0.717) is 11.3 Å². The molecule has 0 bridgehead atoms. The number of carbonyl (C=O) groups is 2. The van der Waals surface area contributed by atoms with Gasteiger partial charge in [0.05, 0.1) is 6.61 Å². The molecule has 1 aromatic carbocycles. The summed E-state index contributed by atoms with van der Waals surface area (Å²) >= 11 is 0. The van der Waals surface area contributed by atoms with E-state index in [0.717, 1.165) is 0 Å². The lowest BCUT2D eigenvalue weighted by Gasteiger charge is -2.20. The second-order valence-electron chi connectivity index (χ2n) is 5.04. The van der Waals surface area contributed by atoms with Crippen molar-refractivity contribution in [1.82, 2.24) is 0 Å². The van der Waals surface area contributed by atoms with Gasteiger partial charge < -0.3 is 4.74 Å². The summed E-state index contributed by atoms with van der Waals surface area (Å²) in [4.78, 5) is 35.9. The van der Waals surface area contributed by atoms with E-state index in [9.17, 15) is 19.7 Å². The molecule has 1 aromatic rings. The van der Waals surface area contributed by atoms with Gasteiger partial charge in [-0.25, -0.2) is 0 Å². The van der Waals surface area contributed by atoms with Crippen LogP contribution in [0.2, 0.25) is 0 Å². The molecule has 0 saturated carbocycles. The number of hydrogen-bond acceptors (Lipinski definition) is 5. The molecule has 1 aliphatic heterocycles. The SMILES string of the molecule is CCOC(=O)CN1C(=O)[C@](C)(C[N+](=O)[O-])c2ccccc21. The number of hydrogen-bond donors (Lipinski definition) is 0. The van der Waals surface area contributed by atoms with Gasteiger partial charge in [0.1, 0.15) is 12.0 Å². The highest BCUT2D eigenvalue weighted by Crippen LogP contribution is 2.41. The summed E-state index contributed by atoms with van der Waals surface area (Å²) in [6.07, 6.45) is 0. The molecular weight excluding hydrogens is 276 g/mol. The number of ether oxygens (including phenoxy) is 1. The van der Waals surface area contributed by atoms with E-state index in [1.807, 2.05) is 0 Å². The number of fused-ring (bicyclic) bond motifs is 1. The Morgan fingerprint density at radius 1 is 1.43 bits per heavy atom. The van der Waals surface area contributed by atoms with Crippen LogP contribution in [0.15, 0.2) is 24.3 Å². The summed E-state index contributed by atoms with van der Waals surface area (Å²) < 4.78 is 4.85. The maximum absolute atomic E-state index is 12.6. The molecule has 0 saturated heterocycles. The lowest BCUT2D eigenvalue weighted by Crippen LogP contribution is -2.44. The van der Waals surface area contributed by atoms with Crippen LogP contribution in [-0.4, -0.2) is 36.5 Å². The van der Waals surface area contributed by atoms with Gasteiger partial charge in [-0.15, -0.1) is 0 Å². The minimum atomic E-state index is -1.26. The van der Waals surface area contributed by atoms with Gasteiger partial charge in [0.2, 0.25) is 12.5 Å². The van der Waals surface area contributed by atoms with Crippen LogP contribution in [0.25, 0.3) is 0 Å². The van der Waals surface area contributed by atoms with Gasteiger partial charge in [-0.3, -0.25) is 24.6 Å². The first-order valence-corrected chi connectivity index (χ1v) is 6.59. The van der Waals surface area contributed by atoms with Gasteiger partial charge >= 0.3 is 5.97 Å². The van der Waals surface area contributed by atoms with Crippen LogP contribution in [0.3, 0.4) is 0 Å². The Hall–Kier alpha value is -2.44. The van der Waals surface area contributed by atoms with Crippen molar-refractivity contribution in [3.05, 3.63) is 39.9 Å². The van der Waals surface area contributed by atoms with Crippen molar-refractivity contribution in [2.24, 2.45) is 0 Å². The molecule has 0 aliphatic carbocycles. The zero-order chi connectivity index (χ0) is 15.6. The van der Waals surface area contributed by atoms with E-state index in [4.69, 9.17) is 4.74 Å². The topological polar surface area (TPSA) is 89.8 Å². The van der Waals surface area contributed by atoms with Crippen LogP contribution in [0.5, 0.6) is 0 Å². The molecule has 0 spiro atoms. The summed E-state index contributed by atoms with van der Waals surface area (Å²) in [5.41, 5.74) is -0.164. The second kappa shape index (κ2) is 5.51. The van der Waals surface area contributed by atoms with Crippen molar-refractivity contribution in [2.45, 2.75) is 19.3 Å². The first kappa shape index (κ1) is 15.0. The lowest BCUT2D eigenvalue weighted by molar-refractivity contribution is -0.487. The van der Waals surface area contributed by atoms with Gasteiger partial charge in [0, 0.05) is 10.6 Å². The van der Waals surface area contributed by atoms with Crippen LogP contribution in [0, 0.1) is 10.1 Å². The second-order valence-corrected chi connectivity index (χ2v) is 5.04. The van der Waals surface area contributed by atoms with Gasteiger partial charge in [0.25, 0.3) is 0 Å². The molecule has 1 heterocycles. The minimum absolute atomic E-state index is 0.217. The maximum atomic E-state index is 12.6. The molecule has 7 nitrogen and oxygen atoms in total. The highest BCUT2D eigenvalue weighted by Gasteiger charge is 2.51. The third-order valence-corrected chi connectivity index (χ3v) is 3.54. The summed E-state index contributed by atoms with van der Waals surface area (Å²) in [6.45, 7) is 2.67. The van der Waals surface area contributed by atoms with Crippen molar-refractivity contribution in [3.8, 4) is 0 Å². The third kappa shape index (κ3) is 2.58. The van der Waals surface area contributed by atoms with Crippen molar-refractivity contribution < 1.29 is 19.2 Å².